The summed E-state index contributed by atoms with van der Waals surface area (Å²) in [7, 11) is -3.56. The van der Waals surface area contributed by atoms with E-state index in [1.54, 1.807) is 12.1 Å². The van der Waals surface area contributed by atoms with Crippen molar-refractivity contribution in [3.05, 3.63) is 23.8 Å². The van der Waals surface area contributed by atoms with E-state index < -0.39 is 21.0 Å². The van der Waals surface area contributed by atoms with Gasteiger partial charge in [-0.05, 0) is 24.0 Å². The Kier molecular flexibility index (Phi) is 2.77. The molecular weight excluding hydrogens is 250 g/mol. The molecule has 2 rings (SSSR count). The smallest absolute Gasteiger partial charge is 0.242 e. The van der Waals surface area contributed by atoms with E-state index in [1.807, 2.05) is 26.8 Å². The topological polar surface area (TPSA) is 63.2 Å². The second-order valence-electron chi connectivity index (χ2n) is 5.61. The molecule has 4 nitrogen and oxygen atoms in total. The molecule has 0 aliphatic carbocycles. The van der Waals surface area contributed by atoms with Crippen molar-refractivity contribution in [2.75, 3.05) is 5.32 Å². The van der Waals surface area contributed by atoms with Crippen LogP contribution in [0, 0.1) is 0 Å². The molecule has 0 aromatic heterocycles. The van der Waals surface area contributed by atoms with Gasteiger partial charge in [-0.3, -0.25) is 4.79 Å². The zero-order chi connectivity index (χ0) is 13.7. The summed E-state index contributed by atoms with van der Waals surface area (Å²) in [6.45, 7) is 7.37. The first-order chi connectivity index (χ1) is 8.15. The summed E-state index contributed by atoms with van der Waals surface area (Å²) >= 11 is 0. The van der Waals surface area contributed by atoms with Crippen molar-refractivity contribution in [2.45, 2.75) is 43.3 Å². The highest BCUT2D eigenvalue weighted by Crippen LogP contribution is 2.38. The van der Waals surface area contributed by atoms with Gasteiger partial charge in [-0.25, -0.2) is 8.42 Å². The van der Waals surface area contributed by atoms with Gasteiger partial charge in [0.2, 0.25) is 5.91 Å². The molecule has 1 aliphatic heterocycles. The van der Waals surface area contributed by atoms with E-state index in [9.17, 15) is 13.2 Å². The Balaban J connectivity index is 2.78. The number of anilines is 1. The van der Waals surface area contributed by atoms with Crippen molar-refractivity contribution in [1.29, 1.82) is 0 Å². The monoisotopic (exact) mass is 267 g/mol. The predicted molar refractivity (Wildman–Crippen MR) is 70.4 cm³/mol. The molecule has 1 aromatic carbocycles. The fraction of sp³-hybridized carbons (Fsp3) is 0.462. The number of sulfone groups is 1. The van der Waals surface area contributed by atoms with Crippen molar-refractivity contribution in [2.24, 2.45) is 0 Å². The molecule has 1 atom stereocenters. The van der Waals surface area contributed by atoms with Gasteiger partial charge in [0, 0.05) is 0 Å². The highest BCUT2D eigenvalue weighted by molar-refractivity contribution is 7.93. The molecule has 0 saturated heterocycles. The molecule has 0 spiro atoms. The molecule has 1 unspecified atom stereocenters. The van der Waals surface area contributed by atoms with Crippen LogP contribution in [0.3, 0.4) is 0 Å². The van der Waals surface area contributed by atoms with Gasteiger partial charge in [0.1, 0.15) is 5.25 Å². The van der Waals surface area contributed by atoms with Crippen LogP contribution < -0.4 is 5.32 Å². The van der Waals surface area contributed by atoms with Gasteiger partial charge < -0.3 is 5.32 Å². The molecular formula is C13H17NO3S. The van der Waals surface area contributed by atoms with Crippen LogP contribution in [0.15, 0.2) is 23.1 Å². The van der Waals surface area contributed by atoms with Crippen molar-refractivity contribution in [1.82, 2.24) is 0 Å². The van der Waals surface area contributed by atoms with E-state index >= 15 is 0 Å². The van der Waals surface area contributed by atoms with Crippen LogP contribution in [-0.2, 0) is 20.0 Å². The Labute approximate surface area is 107 Å². The lowest BCUT2D eigenvalue weighted by atomic mass is 9.85. The summed E-state index contributed by atoms with van der Waals surface area (Å²) in [4.78, 5) is 12.0. The number of carbonyl (C=O) groups excluding carboxylic acids is 1. The third-order valence-electron chi connectivity index (χ3n) is 3.22. The molecule has 0 saturated carbocycles. The fourth-order valence-electron chi connectivity index (χ4n) is 2.08. The van der Waals surface area contributed by atoms with Gasteiger partial charge in [0.25, 0.3) is 0 Å². The zero-order valence-corrected chi connectivity index (χ0v) is 11.8. The van der Waals surface area contributed by atoms with Gasteiger partial charge in [-0.15, -0.1) is 0 Å². The Bertz CT molecular complexity index is 612. The first kappa shape index (κ1) is 13.1. The first-order valence-corrected chi connectivity index (χ1v) is 7.38. The van der Waals surface area contributed by atoms with Gasteiger partial charge in [0.05, 0.1) is 10.6 Å². The maximum Gasteiger partial charge on any atom is 0.242 e. The molecule has 0 fully saturated rings. The first-order valence-electron chi connectivity index (χ1n) is 5.84. The average molecular weight is 267 g/mol. The minimum atomic E-state index is -3.56. The Hall–Kier alpha value is -1.36. The van der Waals surface area contributed by atoms with Gasteiger partial charge in [-0.2, -0.15) is 0 Å². The van der Waals surface area contributed by atoms with Gasteiger partial charge in [-0.1, -0.05) is 32.9 Å². The number of benzene rings is 1. The van der Waals surface area contributed by atoms with Crippen molar-refractivity contribution >= 4 is 21.4 Å². The number of carbonyl (C=O) groups is 1. The highest BCUT2D eigenvalue weighted by atomic mass is 32.2. The lowest BCUT2D eigenvalue weighted by Gasteiger charge is -2.29. The van der Waals surface area contributed by atoms with Crippen LogP contribution in [0.5, 0.6) is 0 Å². The molecule has 0 radical (unpaired) electrons. The molecule has 5 heteroatoms. The third kappa shape index (κ3) is 1.82. The van der Waals surface area contributed by atoms with Crippen LogP contribution in [0.25, 0.3) is 0 Å². The third-order valence-corrected chi connectivity index (χ3v) is 5.32. The second-order valence-corrected chi connectivity index (χ2v) is 7.84. The maximum atomic E-state index is 12.2. The van der Waals surface area contributed by atoms with Crippen LogP contribution >= 0.6 is 0 Å². The summed E-state index contributed by atoms with van der Waals surface area (Å²) in [5, 5.41) is 1.69. The van der Waals surface area contributed by atoms with E-state index in [1.165, 1.54) is 6.92 Å². The van der Waals surface area contributed by atoms with E-state index in [0.717, 1.165) is 5.56 Å². The Morgan fingerprint density at radius 2 is 1.83 bits per heavy atom. The molecule has 1 N–H and O–H groups in total. The Morgan fingerprint density at radius 3 is 2.39 bits per heavy atom. The maximum absolute atomic E-state index is 12.2. The van der Waals surface area contributed by atoms with Crippen LogP contribution in [0.4, 0.5) is 5.69 Å². The zero-order valence-electron chi connectivity index (χ0n) is 10.9. The lowest BCUT2D eigenvalue weighted by Crippen LogP contribution is -2.38. The number of para-hydroxylation sites is 1. The fourth-order valence-corrected chi connectivity index (χ4v) is 3.51. The summed E-state index contributed by atoms with van der Waals surface area (Å²) in [6, 6.07) is 5.13. The summed E-state index contributed by atoms with van der Waals surface area (Å²) in [6.07, 6.45) is 0. The quantitative estimate of drug-likeness (QED) is 0.783. The molecule has 1 heterocycles. The molecule has 98 valence electrons. The summed E-state index contributed by atoms with van der Waals surface area (Å²) in [5.41, 5.74) is 1.05. The standard InChI is InChI=1S/C13H17NO3S/c1-8-12(15)14-11-9(13(2,3)4)6-5-7-10(11)18(8,16)17/h5-8H,1-4H3,(H,14,15). The molecule has 1 aromatic rings. The number of hydrogen-bond acceptors (Lipinski definition) is 3. The summed E-state index contributed by atoms with van der Waals surface area (Å²) in [5.74, 6) is -0.459. The van der Waals surface area contributed by atoms with Crippen molar-refractivity contribution < 1.29 is 13.2 Å². The van der Waals surface area contributed by atoms with Crippen LogP contribution in [-0.4, -0.2) is 19.6 Å². The second kappa shape index (κ2) is 3.82. The average Bonchev–Trinajstić information content (AvgIpc) is 2.24. The number of fused-ring (bicyclic) bond motifs is 1. The number of amides is 1. The van der Waals surface area contributed by atoms with E-state index in [-0.39, 0.29) is 10.3 Å². The highest BCUT2D eigenvalue weighted by Gasteiger charge is 2.38. The lowest BCUT2D eigenvalue weighted by molar-refractivity contribution is -0.115. The van der Waals surface area contributed by atoms with E-state index in [4.69, 9.17) is 0 Å². The molecule has 1 aliphatic rings. The van der Waals surface area contributed by atoms with Crippen molar-refractivity contribution in [3.63, 3.8) is 0 Å². The van der Waals surface area contributed by atoms with Gasteiger partial charge >= 0.3 is 0 Å². The predicted octanol–water partition coefficient (Wildman–Crippen LogP) is 2.10. The number of rotatable bonds is 0. The van der Waals surface area contributed by atoms with E-state index in [0.29, 0.717) is 5.69 Å². The number of hydrogen-bond donors (Lipinski definition) is 1. The molecule has 1 amide bonds. The van der Waals surface area contributed by atoms with Crippen LogP contribution in [0.2, 0.25) is 0 Å². The largest absolute Gasteiger partial charge is 0.324 e. The Morgan fingerprint density at radius 1 is 1.22 bits per heavy atom. The minimum Gasteiger partial charge on any atom is -0.324 e. The van der Waals surface area contributed by atoms with E-state index in [2.05, 4.69) is 5.32 Å². The van der Waals surface area contributed by atoms with Gasteiger partial charge in [0.15, 0.2) is 9.84 Å². The molecule has 0 bridgehead atoms. The number of nitrogens with one attached hydrogen (secondary N) is 1. The SMILES string of the molecule is CC1C(=O)Nc2c(C(C)(C)C)cccc2S1(=O)=O. The van der Waals surface area contributed by atoms with Crippen LogP contribution in [0.1, 0.15) is 33.3 Å². The minimum absolute atomic E-state index is 0.224. The molecule has 18 heavy (non-hydrogen) atoms. The normalized spacial score (nSPS) is 22.2. The van der Waals surface area contributed by atoms with Crippen molar-refractivity contribution in [3.8, 4) is 0 Å². The summed E-state index contributed by atoms with van der Waals surface area (Å²) < 4.78 is 24.5.